The van der Waals surface area contributed by atoms with Gasteiger partial charge in [0.25, 0.3) is 0 Å². The molecule has 2 aliphatic heterocycles. The number of benzene rings is 1. The summed E-state index contributed by atoms with van der Waals surface area (Å²) < 4.78 is 5.75. The molecule has 2 saturated heterocycles. The number of hydrogen-bond acceptors (Lipinski definition) is 4. The van der Waals surface area contributed by atoms with Crippen LogP contribution in [0.1, 0.15) is 25.1 Å². The minimum Gasteiger partial charge on any atom is -0.459 e. The number of fused-ring (bicyclic) bond motifs is 2. The molecule has 0 saturated carbocycles. The van der Waals surface area contributed by atoms with Gasteiger partial charge in [0, 0.05) is 23.4 Å². The van der Waals surface area contributed by atoms with Gasteiger partial charge in [-0.05, 0) is 31.2 Å². The van der Waals surface area contributed by atoms with E-state index in [1.54, 1.807) is 18.2 Å². The lowest BCUT2D eigenvalue weighted by Crippen LogP contribution is -2.45. The van der Waals surface area contributed by atoms with Gasteiger partial charge in [0.2, 0.25) is 5.91 Å². The van der Waals surface area contributed by atoms with E-state index in [0.717, 1.165) is 5.39 Å². The molecule has 0 spiro atoms. The maximum Gasteiger partial charge on any atom is 0.320 e. The highest BCUT2D eigenvalue weighted by molar-refractivity contribution is 6.31. The van der Waals surface area contributed by atoms with Gasteiger partial charge >= 0.3 is 12.1 Å². The first kappa shape index (κ1) is 17.5. The monoisotopic (exact) mass is 391 g/mol. The molecular weight excluding hydrogens is 374 g/mol. The number of nitrogens with zero attached hydrogens (tertiary/aromatic N) is 1. The van der Waals surface area contributed by atoms with Crippen LogP contribution < -0.4 is 21.3 Å². The highest BCUT2D eigenvalue weighted by Crippen LogP contribution is 2.26. The minimum absolute atomic E-state index is 0.100. The second-order valence-corrected chi connectivity index (χ2v) is 6.99. The van der Waals surface area contributed by atoms with Gasteiger partial charge in [-0.15, -0.1) is 0 Å². The standard InChI is InChI=1S/C17H18ClN5O4/c1-8(12-7-9-6-10(18)2-3-11(9)27-12)19-13(24)4-5-23-15-14(21-17(23)26)20-16(25)22-15/h2-3,6-8,14-15H,4-5H2,1H3,(H,19,24)(H,21,26)(H2,20,22,25)/t8-,14+,15+/m0/s1. The summed E-state index contributed by atoms with van der Waals surface area (Å²) in [5.74, 6) is 0.390. The van der Waals surface area contributed by atoms with Crippen LogP contribution >= 0.6 is 11.6 Å². The number of hydrogen-bond donors (Lipinski definition) is 4. The zero-order valence-electron chi connectivity index (χ0n) is 14.4. The Kier molecular flexibility index (Phi) is 4.31. The second-order valence-electron chi connectivity index (χ2n) is 6.55. The van der Waals surface area contributed by atoms with Crippen LogP contribution in [0.3, 0.4) is 0 Å². The molecular formula is C17H18ClN5O4. The van der Waals surface area contributed by atoms with Crippen LogP contribution in [0, 0.1) is 0 Å². The molecule has 142 valence electrons. The topological polar surface area (TPSA) is 116 Å². The van der Waals surface area contributed by atoms with Crippen LogP contribution in [0.2, 0.25) is 5.02 Å². The molecule has 0 bridgehead atoms. The molecule has 2 fully saturated rings. The molecule has 0 radical (unpaired) electrons. The summed E-state index contributed by atoms with van der Waals surface area (Å²) >= 11 is 5.98. The summed E-state index contributed by atoms with van der Waals surface area (Å²) in [5, 5.41) is 12.2. The molecule has 4 N–H and O–H groups in total. The molecule has 5 amide bonds. The quantitative estimate of drug-likeness (QED) is 0.620. The summed E-state index contributed by atoms with van der Waals surface area (Å²) in [7, 11) is 0. The Morgan fingerprint density at radius 2 is 2.11 bits per heavy atom. The molecule has 3 atom stereocenters. The molecule has 1 aromatic heterocycles. The Hall–Kier alpha value is -2.94. The fraction of sp³-hybridized carbons (Fsp3) is 0.353. The SMILES string of the molecule is C[C@H](NC(=O)CCN1C(=O)N[C@H]2NC(=O)N[C@@H]21)c1cc2cc(Cl)ccc2o1. The molecule has 10 heteroatoms. The van der Waals surface area contributed by atoms with Crippen molar-refractivity contribution in [3.05, 3.63) is 35.0 Å². The first-order chi connectivity index (χ1) is 12.9. The lowest BCUT2D eigenvalue weighted by molar-refractivity contribution is -0.122. The Morgan fingerprint density at radius 3 is 2.93 bits per heavy atom. The van der Waals surface area contributed by atoms with Crippen LogP contribution in [0.15, 0.2) is 28.7 Å². The average molecular weight is 392 g/mol. The largest absolute Gasteiger partial charge is 0.459 e. The first-order valence-corrected chi connectivity index (χ1v) is 8.91. The van der Waals surface area contributed by atoms with E-state index in [4.69, 9.17) is 16.0 Å². The molecule has 0 unspecified atom stereocenters. The number of halogens is 1. The van der Waals surface area contributed by atoms with Crippen LogP contribution in [0.5, 0.6) is 0 Å². The van der Waals surface area contributed by atoms with Crippen LogP contribution in [-0.2, 0) is 4.79 Å². The van der Waals surface area contributed by atoms with Gasteiger partial charge in [0.05, 0.1) is 6.04 Å². The van der Waals surface area contributed by atoms with Gasteiger partial charge in [-0.25, -0.2) is 9.59 Å². The van der Waals surface area contributed by atoms with Crippen molar-refractivity contribution in [2.75, 3.05) is 6.54 Å². The molecule has 27 heavy (non-hydrogen) atoms. The molecule has 2 aromatic rings. The van der Waals surface area contributed by atoms with Crippen LogP contribution in [0.4, 0.5) is 9.59 Å². The smallest absolute Gasteiger partial charge is 0.320 e. The van der Waals surface area contributed by atoms with E-state index in [1.807, 2.05) is 13.0 Å². The molecule has 2 aliphatic rings. The van der Waals surface area contributed by atoms with E-state index in [9.17, 15) is 14.4 Å². The van der Waals surface area contributed by atoms with Gasteiger partial charge in [-0.3, -0.25) is 9.69 Å². The predicted molar refractivity (Wildman–Crippen MR) is 96.9 cm³/mol. The maximum absolute atomic E-state index is 12.3. The van der Waals surface area contributed by atoms with E-state index in [-0.39, 0.29) is 37.0 Å². The third-order valence-electron chi connectivity index (χ3n) is 4.64. The highest BCUT2D eigenvalue weighted by Gasteiger charge is 2.45. The summed E-state index contributed by atoms with van der Waals surface area (Å²) in [6.07, 6.45) is -0.868. The van der Waals surface area contributed by atoms with E-state index < -0.39 is 12.3 Å². The summed E-state index contributed by atoms with van der Waals surface area (Å²) in [5.41, 5.74) is 0.694. The van der Waals surface area contributed by atoms with E-state index >= 15 is 0 Å². The third-order valence-corrected chi connectivity index (χ3v) is 4.87. The van der Waals surface area contributed by atoms with E-state index in [0.29, 0.717) is 16.4 Å². The number of urea groups is 2. The molecule has 1 aromatic carbocycles. The van der Waals surface area contributed by atoms with Crippen molar-refractivity contribution in [3.8, 4) is 0 Å². The Bertz CT molecular complexity index is 929. The zero-order valence-corrected chi connectivity index (χ0v) is 15.2. The minimum atomic E-state index is -0.490. The fourth-order valence-corrected chi connectivity index (χ4v) is 3.47. The lowest BCUT2D eigenvalue weighted by Gasteiger charge is -2.21. The van der Waals surface area contributed by atoms with Gasteiger partial charge in [-0.2, -0.15) is 0 Å². The van der Waals surface area contributed by atoms with E-state index in [1.165, 1.54) is 4.90 Å². The third kappa shape index (κ3) is 3.37. The normalized spacial score (nSPS) is 22.2. The predicted octanol–water partition coefficient (Wildman–Crippen LogP) is 1.64. The highest BCUT2D eigenvalue weighted by atomic mass is 35.5. The Morgan fingerprint density at radius 1 is 1.30 bits per heavy atom. The lowest BCUT2D eigenvalue weighted by atomic mass is 10.2. The molecule has 4 rings (SSSR count). The van der Waals surface area contributed by atoms with Crippen molar-refractivity contribution in [3.63, 3.8) is 0 Å². The average Bonchev–Trinajstić information content (AvgIpc) is 3.25. The number of amides is 5. The first-order valence-electron chi connectivity index (χ1n) is 8.53. The summed E-state index contributed by atoms with van der Waals surface area (Å²) in [6, 6.07) is 6.14. The van der Waals surface area contributed by atoms with Gasteiger partial charge < -0.3 is 25.7 Å². The van der Waals surface area contributed by atoms with Crippen LogP contribution in [-0.4, -0.2) is 41.7 Å². The number of furan rings is 1. The Labute approximate surface area is 159 Å². The van der Waals surface area contributed by atoms with Crippen molar-refractivity contribution in [1.82, 2.24) is 26.2 Å². The van der Waals surface area contributed by atoms with Crippen molar-refractivity contribution in [1.29, 1.82) is 0 Å². The van der Waals surface area contributed by atoms with Gasteiger partial charge in [0.1, 0.15) is 23.7 Å². The zero-order chi connectivity index (χ0) is 19.1. The van der Waals surface area contributed by atoms with Crippen molar-refractivity contribution in [2.24, 2.45) is 0 Å². The summed E-state index contributed by atoms with van der Waals surface area (Å²) in [4.78, 5) is 37.0. The number of nitrogens with one attached hydrogen (secondary N) is 4. The maximum atomic E-state index is 12.3. The van der Waals surface area contributed by atoms with Crippen molar-refractivity contribution >= 4 is 40.5 Å². The fourth-order valence-electron chi connectivity index (χ4n) is 3.29. The van der Waals surface area contributed by atoms with Gasteiger partial charge in [0.15, 0.2) is 0 Å². The Balaban J connectivity index is 1.34. The number of carbonyl (C=O) groups is 3. The van der Waals surface area contributed by atoms with Gasteiger partial charge in [-0.1, -0.05) is 11.6 Å². The number of rotatable bonds is 5. The van der Waals surface area contributed by atoms with E-state index in [2.05, 4.69) is 21.3 Å². The second kappa shape index (κ2) is 6.66. The molecule has 9 nitrogen and oxygen atoms in total. The van der Waals surface area contributed by atoms with Crippen LogP contribution in [0.25, 0.3) is 11.0 Å². The molecule has 0 aliphatic carbocycles. The molecule has 3 heterocycles. The number of carbonyl (C=O) groups excluding carboxylic acids is 3. The van der Waals surface area contributed by atoms with Crippen molar-refractivity contribution < 1.29 is 18.8 Å². The van der Waals surface area contributed by atoms with Crippen molar-refractivity contribution in [2.45, 2.75) is 31.7 Å². The summed E-state index contributed by atoms with van der Waals surface area (Å²) in [6.45, 7) is 2.00.